The topological polar surface area (TPSA) is 109 Å². The Labute approximate surface area is 128 Å². The molecule has 4 N–H and O–H groups in total. The minimum Gasteiger partial charge on any atom is -0.391 e. The maximum atomic E-state index is 12.4. The number of nitrogens with one attached hydrogen (secondary N) is 1. The maximum Gasteiger partial charge on any atom is 0.239 e. The molecule has 6 heteroatoms. The van der Waals surface area contributed by atoms with E-state index in [-0.39, 0.29) is 23.7 Å². The van der Waals surface area contributed by atoms with Crippen molar-refractivity contribution in [3.8, 4) is 0 Å². The Morgan fingerprint density at radius 2 is 1.77 bits per heavy atom. The number of carbonyl (C=O) groups is 3. The first-order chi connectivity index (χ1) is 10.3. The van der Waals surface area contributed by atoms with Crippen molar-refractivity contribution in [2.75, 3.05) is 6.54 Å². The number of carbonyl (C=O) groups excluding carboxylic acids is 3. The summed E-state index contributed by atoms with van der Waals surface area (Å²) in [6.07, 6.45) is -1.00. The van der Waals surface area contributed by atoms with Crippen molar-refractivity contribution in [2.45, 2.75) is 26.0 Å². The van der Waals surface area contributed by atoms with Crippen LogP contribution in [0, 0.1) is 0 Å². The normalized spacial score (nSPS) is 17.1. The number of aliphatic hydroxyl groups is 1. The number of nitrogens with two attached hydrogens (primary N) is 1. The highest BCUT2D eigenvalue weighted by Gasteiger charge is 2.30. The van der Waals surface area contributed by atoms with Gasteiger partial charge in [0.15, 0.2) is 11.6 Å². The highest BCUT2D eigenvalue weighted by atomic mass is 16.3. The average molecular weight is 302 g/mol. The van der Waals surface area contributed by atoms with Gasteiger partial charge >= 0.3 is 0 Å². The first-order valence-corrected chi connectivity index (χ1v) is 6.94. The minimum atomic E-state index is -1.08. The Balaban J connectivity index is 2.22. The van der Waals surface area contributed by atoms with E-state index >= 15 is 0 Å². The van der Waals surface area contributed by atoms with Crippen LogP contribution in [0.4, 0.5) is 0 Å². The van der Waals surface area contributed by atoms with E-state index in [4.69, 9.17) is 5.73 Å². The lowest BCUT2D eigenvalue weighted by Crippen LogP contribution is -2.48. The lowest BCUT2D eigenvalue weighted by Gasteiger charge is -2.20. The van der Waals surface area contributed by atoms with Crippen LogP contribution in [0.3, 0.4) is 0 Å². The summed E-state index contributed by atoms with van der Waals surface area (Å²) in [5.74, 6) is -1.08. The van der Waals surface area contributed by atoms with Gasteiger partial charge < -0.3 is 16.2 Å². The van der Waals surface area contributed by atoms with Gasteiger partial charge in [-0.15, -0.1) is 0 Å². The Hall–Kier alpha value is -2.31. The monoisotopic (exact) mass is 302 g/mol. The van der Waals surface area contributed by atoms with Gasteiger partial charge in [-0.2, -0.15) is 0 Å². The lowest BCUT2D eigenvalue weighted by atomic mass is 9.84. The van der Waals surface area contributed by atoms with Crippen molar-refractivity contribution < 1.29 is 19.5 Å². The van der Waals surface area contributed by atoms with Gasteiger partial charge in [0, 0.05) is 28.8 Å². The third-order valence-electron chi connectivity index (χ3n) is 3.75. The second-order valence-corrected chi connectivity index (χ2v) is 5.29. The van der Waals surface area contributed by atoms with Gasteiger partial charge in [-0.1, -0.05) is 24.3 Å². The van der Waals surface area contributed by atoms with Gasteiger partial charge in [-0.25, -0.2) is 0 Å². The fraction of sp³-hybridized carbons (Fsp3) is 0.312. The van der Waals surface area contributed by atoms with Gasteiger partial charge in [0.1, 0.15) is 6.04 Å². The summed E-state index contributed by atoms with van der Waals surface area (Å²) in [5, 5.41) is 11.8. The molecule has 2 unspecified atom stereocenters. The average Bonchev–Trinajstić information content (AvgIpc) is 2.51. The standard InChI is InChI=1S/C16H18N2O4/c1-8-12(7-18-16(22)13(17)9(2)19)15(21)11-6-4-3-5-10(11)14(8)20/h3-6,9,13,19H,7,17H2,1-2H3,(H,18,22). The fourth-order valence-electron chi connectivity index (χ4n) is 2.28. The zero-order chi connectivity index (χ0) is 16.4. The Morgan fingerprint density at radius 1 is 1.23 bits per heavy atom. The van der Waals surface area contributed by atoms with E-state index in [0.29, 0.717) is 16.7 Å². The third-order valence-corrected chi connectivity index (χ3v) is 3.75. The number of hydrogen-bond donors (Lipinski definition) is 3. The van der Waals surface area contributed by atoms with Crippen LogP contribution in [0.25, 0.3) is 0 Å². The summed E-state index contributed by atoms with van der Waals surface area (Å²) >= 11 is 0. The quantitative estimate of drug-likeness (QED) is 0.736. The largest absolute Gasteiger partial charge is 0.391 e. The number of benzene rings is 1. The van der Waals surface area contributed by atoms with E-state index in [1.54, 1.807) is 31.2 Å². The summed E-state index contributed by atoms with van der Waals surface area (Å²) in [7, 11) is 0. The van der Waals surface area contributed by atoms with E-state index < -0.39 is 18.1 Å². The van der Waals surface area contributed by atoms with Crippen molar-refractivity contribution >= 4 is 17.5 Å². The number of Topliss-reactive ketones (excluding diaryl/α,β-unsaturated/α-hetero) is 2. The maximum absolute atomic E-state index is 12.4. The van der Waals surface area contributed by atoms with Crippen LogP contribution in [0.15, 0.2) is 35.4 Å². The summed E-state index contributed by atoms with van der Waals surface area (Å²) in [6.45, 7) is 2.87. The van der Waals surface area contributed by atoms with Crippen molar-refractivity contribution in [2.24, 2.45) is 5.73 Å². The SMILES string of the molecule is CC1=C(CNC(=O)C(N)C(C)O)C(=O)c2ccccc2C1=O. The third kappa shape index (κ3) is 2.84. The highest BCUT2D eigenvalue weighted by Crippen LogP contribution is 2.25. The molecule has 0 aromatic heterocycles. The van der Waals surface area contributed by atoms with Crippen molar-refractivity contribution in [1.29, 1.82) is 0 Å². The number of amides is 1. The van der Waals surface area contributed by atoms with E-state index in [0.717, 1.165) is 0 Å². The smallest absolute Gasteiger partial charge is 0.239 e. The molecule has 0 saturated heterocycles. The van der Waals surface area contributed by atoms with Gasteiger partial charge in [0.2, 0.25) is 5.91 Å². The van der Waals surface area contributed by atoms with Crippen molar-refractivity contribution in [1.82, 2.24) is 5.32 Å². The second-order valence-electron chi connectivity index (χ2n) is 5.29. The molecule has 1 aromatic rings. The molecule has 0 bridgehead atoms. The summed E-state index contributed by atoms with van der Waals surface area (Å²) < 4.78 is 0. The van der Waals surface area contributed by atoms with Gasteiger partial charge in [0.25, 0.3) is 0 Å². The molecular formula is C16H18N2O4. The molecule has 0 heterocycles. The number of rotatable bonds is 4. The molecule has 2 rings (SSSR count). The molecule has 1 aromatic carbocycles. The molecule has 0 aliphatic heterocycles. The van der Waals surface area contributed by atoms with Crippen LogP contribution in [0.5, 0.6) is 0 Å². The van der Waals surface area contributed by atoms with E-state index in [9.17, 15) is 19.5 Å². The first kappa shape index (κ1) is 16.1. The molecule has 22 heavy (non-hydrogen) atoms. The Kier molecular flexibility index (Phi) is 4.54. The number of fused-ring (bicyclic) bond motifs is 1. The zero-order valence-corrected chi connectivity index (χ0v) is 12.4. The zero-order valence-electron chi connectivity index (χ0n) is 12.4. The molecule has 0 spiro atoms. The summed E-state index contributed by atoms with van der Waals surface area (Å²) in [4.78, 5) is 36.5. The minimum absolute atomic E-state index is 0.0933. The Morgan fingerprint density at radius 3 is 2.32 bits per heavy atom. The van der Waals surface area contributed by atoms with E-state index in [2.05, 4.69) is 5.32 Å². The molecule has 0 saturated carbocycles. The molecule has 116 valence electrons. The molecule has 6 nitrogen and oxygen atoms in total. The highest BCUT2D eigenvalue weighted by molar-refractivity contribution is 6.26. The molecule has 0 radical (unpaired) electrons. The van der Waals surface area contributed by atoms with Crippen LogP contribution >= 0.6 is 0 Å². The lowest BCUT2D eigenvalue weighted by molar-refractivity contribution is -0.124. The van der Waals surface area contributed by atoms with Gasteiger partial charge in [-0.05, 0) is 13.8 Å². The van der Waals surface area contributed by atoms with Crippen LogP contribution in [0.2, 0.25) is 0 Å². The van der Waals surface area contributed by atoms with Crippen LogP contribution in [-0.2, 0) is 4.79 Å². The van der Waals surface area contributed by atoms with Crippen molar-refractivity contribution in [3.05, 3.63) is 46.5 Å². The number of ketones is 2. The molecule has 2 atom stereocenters. The van der Waals surface area contributed by atoms with Crippen LogP contribution < -0.4 is 11.1 Å². The number of allylic oxidation sites excluding steroid dienone is 1. The molecule has 1 aliphatic rings. The second kappa shape index (κ2) is 6.21. The van der Waals surface area contributed by atoms with E-state index in [1.165, 1.54) is 6.92 Å². The fourth-order valence-corrected chi connectivity index (χ4v) is 2.28. The Bertz CT molecular complexity index is 676. The van der Waals surface area contributed by atoms with E-state index in [1.807, 2.05) is 0 Å². The molecule has 0 fully saturated rings. The van der Waals surface area contributed by atoms with Gasteiger partial charge in [0.05, 0.1) is 6.10 Å². The first-order valence-electron chi connectivity index (χ1n) is 6.94. The summed E-state index contributed by atoms with van der Waals surface area (Å²) in [6, 6.07) is 5.50. The number of hydrogen-bond acceptors (Lipinski definition) is 5. The predicted molar refractivity (Wildman–Crippen MR) is 80.5 cm³/mol. The number of aliphatic hydroxyl groups excluding tert-OH is 1. The van der Waals surface area contributed by atoms with Crippen LogP contribution in [-0.4, -0.2) is 41.3 Å². The van der Waals surface area contributed by atoms with Crippen molar-refractivity contribution in [3.63, 3.8) is 0 Å². The van der Waals surface area contributed by atoms with Crippen LogP contribution in [0.1, 0.15) is 34.6 Å². The molecular weight excluding hydrogens is 284 g/mol. The predicted octanol–water partition coefficient (Wildman–Crippen LogP) is 0.206. The summed E-state index contributed by atoms with van der Waals surface area (Å²) in [5.41, 5.74) is 6.79. The molecule has 1 aliphatic carbocycles. The van der Waals surface area contributed by atoms with Gasteiger partial charge in [-0.3, -0.25) is 14.4 Å². The molecule has 1 amide bonds.